The molecular weight excluding hydrogens is 434 g/mol. The maximum atomic E-state index is 12.8. The molecule has 0 bridgehead atoms. The monoisotopic (exact) mass is 457 g/mol. The van der Waals surface area contributed by atoms with Gasteiger partial charge in [0.05, 0.1) is 16.7 Å². The van der Waals surface area contributed by atoms with E-state index in [9.17, 15) is 19.7 Å². The van der Waals surface area contributed by atoms with E-state index in [-0.39, 0.29) is 16.9 Å². The lowest BCUT2D eigenvalue weighted by atomic mass is 10.1. The van der Waals surface area contributed by atoms with E-state index in [4.69, 9.17) is 0 Å². The van der Waals surface area contributed by atoms with Crippen LogP contribution in [0.1, 0.15) is 21.5 Å². The SMILES string of the molecule is CN(C)c1ccc(C=C(NC(=O)c2ccccc2)C(=O)NN=Cc2ccccc2[N+](=O)[O-])cc1. The summed E-state index contributed by atoms with van der Waals surface area (Å²) in [5.74, 6) is -1.15. The van der Waals surface area contributed by atoms with Crippen LogP contribution in [0.25, 0.3) is 6.08 Å². The lowest BCUT2D eigenvalue weighted by Gasteiger charge is -2.12. The summed E-state index contributed by atoms with van der Waals surface area (Å²) in [6.07, 6.45) is 2.70. The number of nitrogens with zero attached hydrogens (tertiary/aromatic N) is 3. The van der Waals surface area contributed by atoms with E-state index in [0.29, 0.717) is 11.1 Å². The molecule has 0 atom stereocenters. The molecular formula is C25H23N5O4. The number of hydrazone groups is 1. The van der Waals surface area contributed by atoms with Gasteiger partial charge in [-0.25, -0.2) is 5.43 Å². The van der Waals surface area contributed by atoms with Crippen LogP contribution in [0.2, 0.25) is 0 Å². The van der Waals surface area contributed by atoms with Crippen LogP contribution in [0.5, 0.6) is 0 Å². The van der Waals surface area contributed by atoms with Crippen molar-refractivity contribution < 1.29 is 14.5 Å². The zero-order valence-electron chi connectivity index (χ0n) is 18.6. The maximum absolute atomic E-state index is 12.8. The highest BCUT2D eigenvalue weighted by Crippen LogP contribution is 2.16. The molecule has 0 radical (unpaired) electrons. The van der Waals surface area contributed by atoms with Crippen molar-refractivity contribution in [2.45, 2.75) is 0 Å². The van der Waals surface area contributed by atoms with Crippen molar-refractivity contribution in [3.8, 4) is 0 Å². The van der Waals surface area contributed by atoms with Crippen LogP contribution in [0.4, 0.5) is 11.4 Å². The van der Waals surface area contributed by atoms with Gasteiger partial charge in [0.1, 0.15) is 5.70 Å². The van der Waals surface area contributed by atoms with Gasteiger partial charge in [-0.2, -0.15) is 5.10 Å². The van der Waals surface area contributed by atoms with Gasteiger partial charge in [0.15, 0.2) is 0 Å². The number of para-hydroxylation sites is 1. The number of nitro groups is 1. The molecule has 9 nitrogen and oxygen atoms in total. The van der Waals surface area contributed by atoms with Crippen LogP contribution in [-0.4, -0.2) is 37.0 Å². The second kappa shape index (κ2) is 11.2. The zero-order chi connectivity index (χ0) is 24.5. The summed E-state index contributed by atoms with van der Waals surface area (Å²) < 4.78 is 0. The number of nitro benzene ring substituents is 1. The smallest absolute Gasteiger partial charge is 0.287 e. The standard InChI is InChI=1S/C25H23N5O4/c1-29(2)21-14-12-18(13-15-21)16-22(27-24(31)19-8-4-3-5-9-19)25(32)28-26-17-20-10-6-7-11-23(20)30(33)34/h3-17H,1-2H3,(H,27,31)(H,28,32). The Morgan fingerprint density at radius 2 is 1.59 bits per heavy atom. The van der Waals surface area contributed by atoms with Gasteiger partial charge < -0.3 is 10.2 Å². The average molecular weight is 457 g/mol. The minimum absolute atomic E-state index is 0.0360. The fraction of sp³-hybridized carbons (Fsp3) is 0.0800. The molecule has 0 aliphatic heterocycles. The highest BCUT2D eigenvalue weighted by molar-refractivity contribution is 6.05. The van der Waals surface area contributed by atoms with Gasteiger partial charge in [-0.1, -0.05) is 42.5 Å². The van der Waals surface area contributed by atoms with Gasteiger partial charge in [0.2, 0.25) is 0 Å². The number of hydrogen-bond acceptors (Lipinski definition) is 6. The summed E-state index contributed by atoms with van der Waals surface area (Å²) in [5, 5.41) is 17.6. The van der Waals surface area contributed by atoms with E-state index >= 15 is 0 Å². The fourth-order valence-electron chi connectivity index (χ4n) is 2.96. The second-order valence-electron chi connectivity index (χ2n) is 7.38. The number of rotatable bonds is 8. The number of benzene rings is 3. The Balaban J connectivity index is 1.84. The largest absolute Gasteiger partial charge is 0.378 e. The van der Waals surface area contributed by atoms with E-state index in [1.165, 1.54) is 30.5 Å². The van der Waals surface area contributed by atoms with E-state index in [2.05, 4.69) is 15.8 Å². The number of hydrogen-bond donors (Lipinski definition) is 2. The summed E-state index contributed by atoms with van der Waals surface area (Å²) in [5.41, 5.74) is 4.41. The number of carbonyl (C=O) groups excluding carboxylic acids is 2. The van der Waals surface area contributed by atoms with E-state index in [1.54, 1.807) is 36.4 Å². The lowest BCUT2D eigenvalue weighted by molar-refractivity contribution is -0.385. The molecule has 0 saturated heterocycles. The number of nitrogens with one attached hydrogen (secondary N) is 2. The summed E-state index contributed by atoms with van der Waals surface area (Å²) in [4.78, 5) is 38.1. The number of amides is 2. The molecule has 34 heavy (non-hydrogen) atoms. The van der Waals surface area contributed by atoms with Gasteiger partial charge in [-0.05, 0) is 42.0 Å². The minimum atomic E-state index is -0.684. The topological polar surface area (TPSA) is 117 Å². The predicted octanol–water partition coefficient (Wildman–Crippen LogP) is 3.58. The highest BCUT2D eigenvalue weighted by Gasteiger charge is 2.15. The summed E-state index contributed by atoms with van der Waals surface area (Å²) in [6.45, 7) is 0. The van der Waals surface area contributed by atoms with Crippen LogP contribution < -0.4 is 15.6 Å². The van der Waals surface area contributed by atoms with Crippen molar-refractivity contribution in [2.75, 3.05) is 19.0 Å². The fourth-order valence-corrected chi connectivity index (χ4v) is 2.96. The molecule has 2 N–H and O–H groups in total. The molecule has 0 aliphatic carbocycles. The highest BCUT2D eigenvalue weighted by atomic mass is 16.6. The molecule has 3 rings (SSSR count). The molecule has 0 fully saturated rings. The van der Waals surface area contributed by atoms with Gasteiger partial charge in [-0.3, -0.25) is 19.7 Å². The van der Waals surface area contributed by atoms with Crippen LogP contribution in [0.3, 0.4) is 0 Å². The van der Waals surface area contributed by atoms with Gasteiger partial charge in [0.25, 0.3) is 17.5 Å². The molecule has 0 saturated carbocycles. The predicted molar refractivity (Wildman–Crippen MR) is 131 cm³/mol. The molecule has 0 heterocycles. The summed E-state index contributed by atoms with van der Waals surface area (Å²) >= 11 is 0. The van der Waals surface area contributed by atoms with Crippen LogP contribution in [0, 0.1) is 10.1 Å². The van der Waals surface area contributed by atoms with E-state index in [0.717, 1.165) is 5.69 Å². The molecule has 2 amide bonds. The van der Waals surface area contributed by atoms with E-state index in [1.807, 2.05) is 43.3 Å². The summed E-state index contributed by atoms with van der Waals surface area (Å²) in [6, 6.07) is 21.9. The van der Waals surface area contributed by atoms with Crippen LogP contribution in [-0.2, 0) is 4.79 Å². The molecule has 0 aliphatic rings. The third-order valence-corrected chi connectivity index (χ3v) is 4.75. The van der Waals surface area contributed by atoms with Crippen molar-refractivity contribution in [3.05, 3.63) is 111 Å². The van der Waals surface area contributed by atoms with Crippen LogP contribution >= 0.6 is 0 Å². The first kappa shape index (κ1) is 23.9. The minimum Gasteiger partial charge on any atom is -0.378 e. The molecule has 0 aromatic heterocycles. The van der Waals surface area contributed by atoms with Gasteiger partial charge in [-0.15, -0.1) is 0 Å². The normalized spacial score (nSPS) is 11.2. The Kier molecular flexibility index (Phi) is 7.85. The van der Waals surface area contributed by atoms with Crippen molar-refractivity contribution >= 4 is 35.5 Å². The lowest BCUT2D eigenvalue weighted by Crippen LogP contribution is -2.32. The molecule has 172 valence electrons. The third-order valence-electron chi connectivity index (χ3n) is 4.75. The van der Waals surface area contributed by atoms with Crippen molar-refractivity contribution in [3.63, 3.8) is 0 Å². The summed E-state index contributed by atoms with van der Waals surface area (Å²) in [7, 11) is 3.83. The maximum Gasteiger partial charge on any atom is 0.287 e. The van der Waals surface area contributed by atoms with Crippen molar-refractivity contribution in [1.29, 1.82) is 0 Å². The van der Waals surface area contributed by atoms with Gasteiger partial charge in [0, 0.05) is 31.4 Å². The quantitative estimate of drug-likeness (QED) is 0.232. The van der Waals surface area contributed by atoms with E-state index < -0.39 is 16.7 Å². The molecule has 3 aromatic carbocycles. The number of carbonyl (C=O) groups is 2. The van der Waals surface area contributed by atoms with Gasteiger partial charge >= 0.3 is 0 Å². The Labute approximate surface area is 196 Å². The first-order valence-corrected chi connectivity index (χ1v) is 10.3. The molecule has 3 aromatic rings. The molecule has 0 spiro atoms. The molecule has 9 heteroatoms. The van der Waals surface area contributed by atoms with Crippen molar-refractivity contribution in [2.24, 2.45) is 5.10 Å². The van der Waals surface area contributed by atoms with Crippen LogP contribution in [0.15, 0.2) is 89.7 Å². The third kappa shape index (κ3) is 6.36. The molecule has 0 unspecified atom stereocenters. The first-order valence-electron chi connectivity index (χ1n) is 10.3. The second-order valence-corrected chi connectivity index (χ2v) is 7.38. The van der Waals surface area contributed by atoms with Crippen molar-refractivity contribution in [1.82, 2.24) is 10.7 Å². The zero-order valence-corrected chi connectivity index (χ0v) is 18.6. The number of anilines is 1. The average Bonchev–Trinajstić information content (AvgIpc) is 2.84. The Morgan fingerprint density at radius 3 is 2.24 bits per heavy atom. The Hall–Kier alpha value is -4.79. The Bertz CT molecular complexity index is 1240. The Morgan fingerprint density at radius 1 is 0.941 bits per heavy atom. The first-order chi connectivity index (χ1) is 16.3.